The molecule has 0 radical (unpaired) electrons. The molecule has 2 rings (SSSR count). The molecule has 2 nitrogen and oxygen atoms in total. The second kappa shape index (κ2) is 5.35. The Bertz CT molecular complexity index is 329. The lowest BCUT2D eigenvalue weighted by atomic mass is 10.0. The van der Waals surface area contributed by atoms with Gasteiger partial charge in [-0.25, -0.2) is 0 Å². The second-order valence-corrected chi connectivity index (χ2v) is 4.57. The molecule has 1 heterocycles. The molecule has 0 amide bonds. The summed E-state index contributed by atoms with van der Waals surface area (Å²) in [4.78, 5) is 2.54. The zero-order valence-corrected chi connectivity index (χ0v) is 10.4. The van der Waals surface area contributed by atoms with E-state index in [0.29, 0.717) is 6.04 Å². The molecule has 1 unspecified atom stereocenters. The van der Waals surface area contributed by atoms with Crippen LogP contribution in [0.5, 0.6) is 0 Å². The Morgan fingerprint density at radius 3 is 2.81 bits per heavy atom. The average Bonchev–Trinajstić information content (AvgIpc) is 2.34. The minimum atomic E-state index is 0.667. The first kappa shape index (κ1) is 11.5. The van der Waals surface area contributed by atoms with Gasteiger partial charge in [0, 0.05) is 24.8 Å². The van der Waals surface area contributed by atoms with Gasteiger partial charge in [-0.05, 0) is 44.9 Å². The highest BCUT2D eigenvalue weighted by atomic mass is 15.2. The summed E-state index contributed by atoms with van der Waals surface area (Å²) in [6.07, 6.45) is 2.61. The van der Waals surface area contributed by atoms with Gasteiger partial charge in [0.05, 0.1) is 0 Å². The molecule has 1 atom stereocenters. The third-order valence-electron chi connectivity index (χ3n) is 3.48. The fourth-order valence-electron chi connectivity index (χ4n) is 2.61. The molecule has 1 N–H and O–H groups in total. The van der Waals surface area contributed by atoms with Crippen LogP contribution in [0.25, 0.3) is 0 Å². The molecule has 16 heavy (non-hydrogen) atoms. The Balaban J connectivity index is 2.18. The van der Waals surface area contributed by atoms with E-state index in [4.69, 9.17) is 0 Å². The molecule has 0 spiro atoms. The number of hydrogen-bond acceptors (Lipinski definition) is 2. The summed E-state index contributed by atoms with van der Waals surface area (Å²) in [6, 6.07) is 9.37. The largest absolute Gasteiger partial charge is 0.367 e. The number of likely N-dealkylation sites (N-methyl/N-ethyl adjacent to an activating group) is 1. The summed E-state index contributed by atoms with van der Waals surface area (Å²) >= 11 is 0. The lowest BCUT2D eigenvalue weighted by molar-refractivity contribution is 0.435. The summed E-state index contributed by atoms with van der Waals surface area (Å²) in [7, 11) is 0. The van der Waals surface area contributed by atoms with Crippen LogP contribution in [0.15, 0.2) is 24.3 Å². The minimum absolute atomic E-state index is 0.667. The van der Waals surface area contributed by atoms with Crippen LogP contribution in [-0.2, 0) is 0 Å². The average molecular weight is 218 g/mol. The van der Waals surface area contributed by atoms with E-state index in [0.717, 1.165) is 13.1 Å². The van der Waals surface area contributed by atoms with Crippen LogP contribution >= 0.6 is 0 Å². The Labute approximate surface area is 98.7 Å². The first-order valence-electron chi connectivity index (χ1n) is 6.36. The number of nitrogens with zero attached hydrogens (tertiary/aromatic N) is 1. The molecular formula is C14H22N2. The van der Waals surface area contributed by atoms with Crippen molar-refractivity contribution in [1.82, 2.24) is 5.32 Å². The highest BCUT2D eigenvalue weighted by molar-refractivity contribution is 5.53. The summed E-state index contributed by atoms with van der Waals surface area (Å²) in [5.74, 6) is 0. The van der Waals surface area contributed by atoms with Crippen molar-refractivity contribution in [2.24, 2.45) is 0 Å². The summed E-state index contributed by atoms with van der Waals surface area (Å²) in [5.41, 5.74) is 2.79. The number of para-hydroxylation sites is 1. The predicted octanol–water partition coefficient (Wildman–Crippen LogP) is 2.57. The summed E-state index contributed by atoms with van der Waals surface area (Å²) < 4.78 is 0. The maximum Gasteiger partial charge on any atom is 0.0414 e. The predicted molar refractivity (Wildman–Crippen MR) is 70.1 cm³/mol. The lowest BCUT2D eigenvalue weighted by Gasteiger charge is -2.36. The molecule has 0 saturated carbocycles. The molecule has 1 aliphatic rings. The smallest absolute Gasteiger partial charge is 0.0414 e. The van der Waals surface area contributed by atoms with Gasteiger partial charge in [-0.1, -0.05) is 18.2 Å². The molecule has 1 aromatic carbocycles. The van der Waals surface area contributed by atoms with E-state index in [2.05, 4.69) is 48.3 Å². The molecule has 88 valence electrons. The van der Waals surface area contributed by atoms with E-state index in [-0.39, 0.29) is 0 Å². The molecule has 0 bridgehead atoms. The van der Waals surface area contributed by atoms with Gasteiger partial charge in [-0.2, -0.15) is 0 Å². The summed E-state index contributed by atoms with van der Waals surface area (Å²) in [6.45, 7) is 7.86. The topological polar surface area (TPSA) is 15.3 Å². The molecule has 2 heteroatoms. The molecule has 1 aliphatic heterocycles. The maximum absolute atomic E-state index is 3.50. The minimum Gasteiger partial charge on any atom is -0.367 e. The van der Waals surface area contributed by atoms with Crippen molar-refractivity contribution >= 4 is 5.69 Å². The van der Waals surface area contributed by atoms with Crippen LogP contribution in [0.2, 0.25) is 0 Å². The standard InChI is InChI=1S/C14H22N2/c1-3-16(13-8-6-10-15-11-13)14-9-5-4-7-12(14)2/h4-5,7,9,13,15H,3,6,8,10-11H2,1-2H3. The van der Waals surface area contributed by atoms with Gasteiger partial charge < -0.3 is 10.2 Å². The normalized spacial score (nSPS) is 20.8. The van der Waals surface area contributed by atoms with Crippen LogP contribution in [0.1, 0.15) is 25.3 Å². The van der Waals surface area contributed by atoms with Crippen molar-refractivity contribution in [2.75, 3.05) is 24.5 Å². The Morgan fingerprint density at radius 1 is 1.38 bits per heavy atom. The van der Waals surface area contributed by atoms with E-state index < -0.39 is 0 Å². The number of benzene rings is 1. The maximum atomic E-state index is 3.50. The van der Waals surface area contributed by atoms with Gasteiger partial charge in [-0.3, -0.25) is 0 Å². The van der Waals surface area contributed by atoms with Crippen molar-refractivity contribution in [1.29, 1.82) is 0 Å². The van der Waals surface area contributed by atoms with E-state index in [1.165, 1.54) is 30.6 Å². The number of nitrogens with one attached hydrogen (secondary N) is 1. The highest BCUT2D eigenvalue weighted by Crippen LogP contribution is 2.23. The van der Waals surface area contributed by atoms with E-state index in [1.807, 2.05) is 0 Å². The van der Waals surface area contributed by atoms with Crippen molar-refractivity contribution in [3.63, 3.8) is 0 Å². The first-order valence-corrected chi connectivity index (χ1v) is 6.36. The van der Waals surface area contributed by atoms with Crippen LogP contribution in [0.3, 0.4) is 0 Å². The molecule has 1 saturated heterocycles. The SMILES string of the molecule is CCN(c1ccccc1C)C1CCCNC1. The number of aryl methyl sites for hydroxylation is 1. The number of piperidine rings is 1. The third kappa shape index (κ3) is 2.38. The molecule has 0 aliphatic carbocycles. The Morgan fingerprint density at radius 2 is 2.19 bits per heavy atom. The molecule has 0 aromatic heterocycles. The first-order chi connectivity index (χ1) is 7.83. The van der Waals surface area contributed by atoms with Crippen LogP contribution in [0, 0.1) is 6.92 Å². The van der Waals surface area contributed by atoms with Gasteiger partial charge in [0.1, 0.15) is 0 Å². The highest BCUT2D eigenvalue weighted by Gasteiger charge is 2.20. The molecule has 1 fully saturated rings. The molecular weight excluding hydrogens is 196 g/mol. The summed E-state index contributed by atoms with van der Waals surface area (Å²) in [5, 5.41) is 3.50. The number of anilines is 1. The number of hydrogen-bond donors (Lipinski definition) is 1. The molecule has 1 aromatic rings. The Hall–Kier alpha value is -1.02. The lowest BCUT2D eigenvalue weighted by Crippen LogP contribution is -2.46. The fourth-order valence-corrected chi connectivity index (χ4v) is 2.61. The quantitative estimate of drug-likeness (QED) is 0.839. The van der Waals surface area contributed by atoms with Gasteiger partial charge in [0.25, 0.3) is 0 Å². The van der Waals surface area contributed by atoms with E-state index in [9.17, 15) is 0 Å². The van der Waals surface area contributed by atoms with Crippen molar-refractivity contribution in [2.45, 2.75) is 32.7 Å². The van der Waals surface area contributed by atoms with E-state index in [1.54, 1.807) is 0 Å². The number of rotatable bonds is 3. The van der Waals surface area contributed by atoms with Crippen LogP contribution in [0.4, 0.5) is 5.69 Å². The zero-order valence-electron chi connectivity index (χ0n) is 10.4. The van der Waals surface area contributed by atoms with Gasteiger partial charge in [0.2, 0.25) is 0 Å². The van der Waals surface area contributed by atoms with Crippen molar-refractivity contribution in [3.05, 3.63) is 29.8 Å². The zero-order chi connectivity index (χ0) is 11.4. The van der Waals surface area contributed by atoms with Crippen LogP contribution < -0.4 is 10.2 Å². The van der Waals surface area contributed by atoms with Crippen LogP contribution in [-0.4, -0.2) is 25.7 Å². The van der Waals surface area contributed by atoms with Gasteiger partial charge >= 0.3 is 0 Å². The van der Waals surface area contributed by atoms with Crippen molar-refractivity contribution in [3.8, 4) is 0 Å². The fraction of sp³-hybridized carbons (Fsp3) is 0.571. The Kier molecular flexibility index (Phi) is 3.83. The third-order valence-corrected chi connectivity index (χ3v) is 3.48. The second-order valence-electron chi connectivity index (χ2n) is 4.57. The van der Waals surface area contributed by atoms with Gasteiger partial charge in [0.15, 0.2) is 0 Å². The van der Waals surface area contributed by atoms with E-state index >= 15 is 0 Å². The van der Waals surface area contributed by atoms with Crippen molar-refractivity contribution < 1.29 is 0 Å². The monoisotopic (exact) mass is 218 g/mol. The van der Waals surface area contributed by atoms with Gasteiger partial charge in [-0.15, -0.1) is 0 Å².